The number of nitrogens with two attached hydrogens (primary N) is 1. The molecule has 108 valence electrons. The Balaban J connectivity index is 2.65. The number of hydrogen-bond donors (Lipinski definition) is 2. The fourth-order valence-corrected chi connectivity index (χ4v) is 2.41. The molecular formula is C16H23N3O. The van der Waals surface area contributed by atoms with Gasteiger partial charge in [-0.1, -0.05) is 27.7 Å². The first-order valence-electron chi connectivity index (χ1n) is 6.97. The lowest BCUT2D eigenvalue weighted by Gasteiger charge is -2.20. The molecule has 0 saturated carbocycles. The molecule has 2 rings (SSSR count). The maximum Gasteiger partial charge on any atom is 0.145 e. The standard InChI is InChI=1S/C16H23N3O/c1-9(2)12-6-11(14-8-15(17)19-18-14)7-13(10(3)4)16(12)20-5/h6-10H,1-5H3,(H3,17,18,19). The van der Waals surface area contributed by atoms with Crippen LogP contribution in [0, 0.1) is 0 Å². The molecule has 4 heteroatoms. The fraction of sp³-hybridized carbons (Fsp3) is 0.438. The Hall–Kier alpha value is -1.97. The molecule has 0 unspecified atom stereocenters. The number of aromatic nitrogens is 2. The van der Waals surface area contributed by atoms with Crippen molar-refractivity contribution in [2.45, 2.75) is 39.5 Å². The minimum Gasteiger partial charge on any atom is -0.496 e. The maximum atomic E-state index is 5.70. The quantitative estimate of drug-likeness (QED) is 0.887. The zero-order valence-corrected chi connectivity index (χ0v) is 12.8. The Kier molecular flexibility index (Phi) is 4.02. The van der Waals surface area contributed by atoms with Gasteiger partial charge in [0.05, 0.1) is 12.8 Å². The SMILES string of the molecule is COc1c(C(C)C)cc(-c2cc(N)n[nH]2)cc1C(C)C. The number of nitrogens with zero attached hydrogens (tertiary/aromatic N) is 1. The molecule has 0 amide bonds. The van der Waals surface area contributed by atoms with E-state index in [0.717, 1.165) is 17.0 Å². The molecule has 0 bridgehead atoms. The molecule has 0 saturated heterocycles. The smallest absolute Gasteiger partial charge is 0.145 e. The Morgan fingerprint density at radius 1 is 1.05 bits per heavy atom. The van der Waals surface area contributed by atoms with E-state index in [1.807, 2.05) is 6.07 Å². The van der Waals surface area contributed by atoms with Crippen LogP contribution in [0.5, 0.6) is 5.75 Å². The Morgan fingerprint density at radius 3 is 1.95 bits per heavy atom. The molecule has 0 aliphatic rings. The van der Waals surface area contributed by atoms with E-state index < -0.39 is 0 Å². The average Bonchev–Trinajstić information content (AvgIpc) is 2.83. The molecule has 0 spiro atoms. The van der Waals surface area contributed by atoms with Crippen molar-refractivity contribution in [2.75, 3.05) is 12.8 Å². The highest BCUT2D eigenvalue weighted by Crippen LogP contribution is 2.38. The van der Waals surface area contributed by atoms with E-state index in [1.54, 1.807) is 7.11 Å². The number of rotatable bonds is 4. The minimum atomic E-state index is 0.391. The number of anilines is 1. The molecule has 3 N–H and O–H groups in total. The molecule has 4 nitrogen and oxygen atoms in total. The lowest BCUT2D eigenvalue weighted by atomic mass is 9.90. The van der Waals surface area contributed by atoms with Crippen molar-refractivity contribution in [2.24, 2.45) is 0 Å². The highest BCUT2D eigenvalue weighted by molar-refractivity contribution is 5.67. The van der Waals surface area contributed by atoms with E-state index in [2.05, 4.69) is 50.0 Å². The Bertz CT molecular complexity index is 571. The third-order valence-corrected chi connectivity index (χ3v) is 3.50. The second-order valence-electron chi connectivity index (χ2n) is 5.70. The summed E-state index contributed by atoms with van der Waals surface area (Å²) in [6, 6.07) is 6.17. The van der Waals surface area contributed by atoms with Crippen LogP contribution in [0.2, 0.25) is 0 Å². The molecule has 0 aliphatic carbocycles. The summed E-state index contributed by atoms with van der Waals surface area (Å²) >= 11 is 0. The van der Waals surface area contributed by atoms with Gasteiger partial charge in [0.2, 0.25) is 0 Å². The van der Waals surface area contributed by atoms with Gasteiger partial charge in [-0.05, 0) is 35.1 Å². The third-order valence-electron chi connectivity index (χ3n) is 3.50. The second-order valence-corrected chi connectivity index (χ2v) is 5.70. The van der Waals surface area contributed by atoms with Gasteiger partial charge in [0.15, 0.2) is 0 Å². The molecule has 0 atom stereocenters. The maximum absolute atomic E-state index is 5.70. The molecule has 0 aliphatic heterocycles. The summed E-state index contributed by atoms with van der Waals surface area (Å²) in [6.45, 7) is 8.69. The van der Waals surface area contributed by atoms with Crippen LogP contribution < -0.4 is 10.5 Å². The van der Waals surface area contributed by atoms with Crippen LogP contribution >= 0.6 is 0 Å². The lowest BCUT2D eigenvalue weighted by Crippen LogP contribution is -2.02. The fourth-order valence-electron chi connectivity index (χ4n) is 2.41. The second kappa shape index (κ2) is 5.57. The van der Waals surface area contributed by atoms with E-state index in [-0.39, 0.29) is 0 Å². The summed E-state index contributed by atoms with van der Waals surface area (Å²) in [5, 5.41) is 6.98. The number of ether oxygens (including phenoxy) is 1. The van der Waals surface area contributed by atoms with Crippen LogP contribution in [-0.2, 0) is 0 Å². The zero-order valence-electron chi connectivity index (χ0n) is 12.8. The van der Waals surface area contributed by atoms with Crippen molar-refractivity contribution in [1.82, 2.24) is 10.2 Å². The predicted molar refractivity (Wildman–Crippen MR) is 83.2 cm³/mol. The van der Waals surface area contributed by atoms with E-state index >= 15 is 0 Å². The van der Waals surface area contributed by atoms with Gasteiger partial charge in [0.1, 0.15) is 11.6 Å². The van der Waals surface area contributed by atoms with Gasteiger partial charge in [0, 0.05) is 11.6 Å². The number of nitrogen functional groups attached to an aromatic ring is 1. The zero-order chi connectivity index (χ0) is 14.9. The summed E-state index contributed by atoms with van der Waals surface area (Å²) in [5.41, 5.74) is 10.2. The van der Waals surface area contributed by atoms with E-state index in [0.29, 0.717) is 17.7 Å². The van der Waals surface area contributed by atoms with Crippen LogP contribution in [0.1, 0.15) is 50.7 Å². The number of aromatic amines is 1. The van der Waals surface area contributed by atoms with Crippen LogP contribution in [-0.4, -0.2) is 17.3 Å². The third kappa shape index (κ3) is 2.64. The summed E-state index contributed by atoms with van der Waals surface area (Å²) < 4.78 is 5.64. The van der Waals surface area contributed by atoms with Crippen LogP contribution in [0.3, 0.4) is 0 Å². The number of nitrogens with one attached hydrogen (secondary N) is 1. The first kappa shape index (κ1) is 14.4. The first-order chi connectivity index (χ1) is 9.43. The number of H-pyrrole nitrogens is 1. The summed E-state index contributed by atoms with van der Waals surface area (Å²) in [6.07, 6.45) is 0. The highest BCUT2D eigenvalue weighted by atomic mass is 16.5. The van der Waals surface area contributed by atoms with Crippen molar-refractivity contribution >= 4 is 5.82 Å². The number of methoxy groups -OCH3 is 1. The largest absolute Gasteiger partial charge is 0.496 e. The molecule has 0 radical (unpaired) electrons. The first-order valence-corrected chi connectivity index (χ1v) is 6.97. The molecule has 0 fully saturated rings. The molecule has 1 aromatic carbocycles. The van der Waals surface area contributed by atoms with Gasteiger partial charge in [-0.3, -0.25) is 5.10 Å². The van der Waals surface area contributed by atoms with Gasteiger partial charge in [0.25, 0.3) is 0 Å². The molecule has 1 heterocycles. The molecular weight excluding hydrogens is 250 g/mol. The summed E-state index contributed by atoms with van der Waals surface area (Å²) in [5.74, 6) is 2.28. The lowest BCUT2D eigenvalue weighted by molar-refractivity contribution is 0.400. The van der Waals surface area contributed by atoms with Crippen molar-refractivity contribution in [3.63, 3.8) is 0 Å². The van der Waals surface area contributed by atoms with Gasteiger partial charge in [-0.25, -0.2) is 0 Å². The number of hydrogen-bond acceptors (Lipinski definition) is 3. The monoisotopic (exact) mass is 273 g/mol. The summed E-state index contributed by atoms with van der Waals surface area (Å²) in [7, 11) is 1.74. The van der Waals surface area contributed by atoms with Gasteiger partial charge >= 0.3 is 0 Å². The van der Waals surface area contributed by atoms with Gasteiger partial charge in [-0.2, -0.15) is 5.10 Å². The average molecular weight is 273 g/mol. The van der Waals surface area contributed by atoms with Crippen molar-refractivity contribution in [3.05, 3.63) is 29.3 Å². The van der Waals surface area contributed by atoms with Crippen molar-refractivity contribution in [3.8, 4) is 17.0 Å². The van der Waals surface area contributed by atoms with Gasteiger partial charge < -0.3 is 10.5 Å². The van der Waals surface area contributed by atoms with Crippen molar-refractivity contribution in [1.29, 1.82) is 0 Å². The highest BCUT2D eigenvalue weighted by Gasteiger charge is 2.17. The van der Waals surface area contributed by atoms with Crippen molar-refractivity contribution < 1.29 is 4.74 Å². The topological polar surface area (TPSA) is 63.9 Å². The molecule has 2 aromatic rings. The normalized spacial score (nSPS) is 11.3. The predicted octanol–water partition coefficient (Wildman–Crippen LogP) is 3.91. The van der Waals surface area contributed by atoms with E-state index in [1.165, 1.54) is 11.1 Å². The van der Waals surface area contributed by atoms with Crippen LogP contribution in [0.15, 0.2) is 18.2 Å². The van der Waals surface area contributed by atoms with E-state index in [9.17, 15) is 0 Å². The van der Waals surface area contributed by atoms with Crippen LogP contribution in [0.25, 0.3) is 11.3 Å². The van der Waals surface area contributed by atoms with E-state index in [4.69, 9.17) is 10.5 Å². The van der Waals surface area contributed by atoms with Gasteiger partial charge in [-0.15, -0.1) is 0 Å². The molecule has 20 heavy (non-hydrogen) atoms. The Labute approximate surface area is 120 Å². The molecule has 1 aromatic heterocycles. The number of benzene rings is 1. The summed E-state index contributed by atoms with van der Waals surface area (Å²) in [4.78, 5) is 0. The van der Waals surface area contributed by atoms with Crippen LogP contribution in [0.4, 0.5) is 5.82 Å². The minimum absolute atomic E-state index is 0.391. The Morgan fingerprint density at radius 2 is 1.60 bits per heavy atom.